The van der Waals surface area contributed by atoms with E-state index in [4.69, 9.17) is 0 Å². The van der Waals surface area contributed by atoms with Gasteiger partial charge in [-0.3, -0.25) is 4.79 Å². The SMILES string of the molecule is CC(C)C(O)CNC(=O)CCC1CCCCC1. The van der Waals surface area contributed by atoms with Gasteiger partial charge in [-0.2, -0.15) is 0 Å². The number of nitrogens with one attached hydrogen (secondary N) is 1. The maximum Gasteiger partial charge on any atom is 0.220 e. The van der Waals surface area contributed by atoms with Crippen molar-refractivity contribution in [2.75, 3.05) is 6.54 Å². The normalized spacial score (nSPS) is 19.3. The Bertz CT molecular complexity index is 222. The summed E-state index contributed by atoms with van der Waals surface area (Å²) in [6.07, 6.45) is 7.83. The lowest BCUT2D eigenvalue weighted by Crippen LogP contribution is -2.34. The molecule has 100 valence electrons. The lowest BCUT2D eigenvalue weighted by atomic mass is 9.86. The minimum atomic E-state index is -0.423. The second kappa shape index (κ2) is 7.70. The molecular formula is C14H27NO2. The van der Waals surface area contributed by atoms with Gasteiger partial charge in [0.15, 0.2) is 0 Å². The molecule has 0 aliphatic heterocycles. The second-order valence-corrected chi connectivity index (χ2v) is 5.66. The van der Waals surface area contributed by atoms with Crippen molar-refractivity contribution >= 4 is 5.91 Å². The standard InChI is InChI=1S/C14H27NO2/c1-11(2)13(16)10-15-14(17)9-8-12-6-4-3-5-7-12/h11-13,16H,3-10H2,1-2H3,(H,15,17). The maximum atomic E-state index is 11.6. The molecule has 2 N–H and O–H groups in total. The van der Waals surface area contributed by atoms with E-state index >= 15 is 0 Å². The summed E-state index contributed by atoms with van der Waals surface area (Å²) < 4.78 is 0. The zero-order valence-corrected chi connectivity index (χ0v) is 11.2. The van der Waals surface area contributed by atoms with Crippen molar-refractivity contribution in [3.8, 4) is 0 Å². The lowest BCUT2D eigenvalue weighted by Gasteiger charge is -2.21. The van der Waals surface area contributed by atoms with Crippen LogP contribution in [0.15, 0.2) is 0 Å². The van der Waals surface area contributed by atoms with Gasteiger partial charge in [0.2, 0.25) is 5.91 Å². The van der Waals surface area contributed by atoms with Crippen molar-refractivity contribution in [2.45, 2.75) is 64.9 Å². The van der Waals surface area contributed by atoms with Gasteiger partial charge in [-0.15, -0.1) is 0 Å². The third-order valence-corrected chi connectivity index (χ3v) is 3.78. The molecule has 1 rings (SSSR count). The highest BCUT2D eigenvalue weighted by molar-refractivity contribution is 5.75. The molecule has 0 saturated heterocycles. The molecule has 17 heavy (non-hydrogen) atoms. The van der Waals surface area contributed by atoms with E-state index in [9.17, 15) is 9.90 Å². The van der Waals surface area contributed by atoms with Crippen molar-refractivity contribution in [1.82, 2.24) is 5.32 Å². The van der Waals surface area contributed by atoms with Crippen LogP contribution in [-0.4, -0.2) is 23.7 Å². The Balaban J connectivity index is 2.08. The lowest BCUT2D eigenvalue weighted by molar-refractivity contribution is -0.122. The molecule has 0 aromatic carbocycles. The number of aliphatic hydroxyl groups is 1. The molecule has 0 spiro atoms. The summed E-state index contributed by atoms with van der Waals surface area (Å²) in [5, 5.41) is 12.4. The van der Waals surface area contributed by atoms with Gasteiger partial charge in [-0.1, -0.05) is 46.0 Å². The Kier molecular flexibility index (Phi) is 6.56. The van der Waals surface area contributed by atoms with Gasteiger partial charge in [-0.25, -0.2) is 0 Å². The van der Waals surface area contributed by atoms with Gasteiger partial charge in [0, 0.05) is 13.0 Å². The van der Waals surface area contributed by atoms with Crippen molar-refractivity contribution in [1.29, 1.82) is 0 Å². The largest absolute Gasteiger partial charge is 0.391 e. The molecule has 1 saturated carbocycles. The van der Waals surface area contributed by atoms with Crippen LogP contribution in [-0.2, 0) is 4.79 Å². The van der Waals surface area contributed by atoms with Gasteiger partial charge in [0.25, 0.3) is 0 Å². The monoisotopic (exact) mass is 241 g/mol. The quantitative estimate of drug-likeness (QED) is 0.750. The minimum Gasteiger partial charge on any atom is -0.391 e. The number of aliphatic hydroxyl groups excluding tert-OH is 1. The summed E-state index contributed by atoms with van der Waals surface area (Å²) in [6.45, 7) is 4.30. The fourth-order valence-electron chi connectivity index (χ4n) is 2.35. The fourth-order valence-corrected chi connectivity index (χ4v) is 2.35. The molecule has 1 unspecified atom stereocenters. The molecule has 3 heteroatoms. The molecule has 0 aromatic heterocycles. The van der Waals surface area contributed by atoms with Crippen molar-refractivity contribution in [3.63, 3.8) is 0 Å². The van der Waals surface area contributed by atoms with Crippen LogP contribution in [0.2, 0.25) is 0 Å². The molecule has 1 aliphatic rings. The number of rotatable bonds is 6. The average Bonchev–Trinajstić information content (AvgIpc) is 2.34. The van der Waals surface area contributed by atoms with Crippen LogP contribution in [0.25, 0.3) is 0 Å². The molecule has 0 bridgehead atoms. The van der Waals surface area contributed by atoms with Crippen LogP contribution in [0, 0.1) is 11.8 Å². The first-order valence-electron chi connectivity index (χ1n) is 7.04. The zero-order valence-electron chi connectivity index (χ0n) is 11.2. The van der Waals surface area contributed by atoms with E-state index in [0.717, 1.165) is 12.3 Å². The predicted octanol–water partition coefficient (Wildman–Crippen LogP) is 2.48. The summed E-state index contributed by atoms with van der Waals surface area (Å²) in [6, 6.07) is 0. The van der Waals surface area contributed by atoms with Crippen molar-refractivity contribution in [3.05, 3.63) is 0 Å². The van der Waals surface area contributed by atoms with E-state index < -0.39 is 6.10 Å². The van der Waals surface area contributed by atoms with Crippen LogP contribution >= 0.6 is 0 Å². The molecule has 1 fully saturated rings. The van der Waals surface area contributed by atoms with Crippen LogP contribution in [0.3, 0.4) is 0 Å². The molecular weight excluding hydrogens is 214 g/mol. The second-order valence-electron chi connectivity index (χ2n) is 5.66. The average molecular weight is 241 g/mol. The summed E-state index contributed by atoms with van der Waals surface area (Å²) >= 11 is 0. The Labute approximate surface area is 105 Å². The highest BCUT2D eigenvalue weighted by Gasteiger charge is 2.15. The summed E-state index contributed by atoms with van der Waals surface area (Å²) in [5.74, 6) is 1.05. The molecule has 1 amide bonds. The first-order valence-corrected chi connectivity index (χ1v) is 7.04. The summed E-state index contributed by atoms with van der Waals surface area (Å²) in [5.41, 5.74) is 0. The fraction of sp³-hybridized carbons (Fsp3) is 0.929. The van der Waals surface area contributed by atoms with Gasteiger partial charge in [0.05, 0.1) is 6.10 Å². The van der Waals surface area contributed by atoms with E-state index in [1.54, 1.807) is 0 Å². The van der Waals surface area contributed by atoms with Crippen LogP contribution in [0.1, 0.15) is 58.8 Å². The topological polar surface area (TPSA) is 49.3 Å². The first kappa shape index (κ1) is 14.5. The Morgan fingerprint density at radius 2 is 1.94 bits per heavy atom. The van der Waals surface area contributed by atoms with Gasteiger partial charge >= 0.3 is 0 Å². The third-order valence-electron chi connectivity index (χ3n) is 3.78. The van der Waals surface area contributed by atoms with Crippen LogP contribution in [0.4, 0.5) is 0 Å². The molecule has 0 heterocycles. The molecule has 0 radical (unpaired) electrons. The van der Waals surface area contributed by atoms with E-state index in [1.165, 1.54) is 32.1 Å². The molecule has 1 atom stereocenters. The van der Waals surface area contributed by atoms with E-state index in [1.807, 2.05) is 13.8 Å². The summed E-state index contributed by atoms with van der Waals surface area (Å²) in [7, 11) is 0. The zero-order chi connectivity index (χ0) is 12.7. The number of carbonyl (C=O) groups excluding carboxylic acids is 1. The first-order chi connectivity index (χ1) is 8.09. The molecule has 0 aromatic rings. The van der Waals surface area contributed by atoms with Gasteiger partial charge < -0.3 is 10.4 Å². The van der Waals surface area contributed by atoms with Crippen LogP contribution in [0.5, 0.6) is 0 Å². The molecule has 1 aliphatic carbocycles. The Morgan fingerprint density at radius 3 is 2.53 bits per heavy atom. The van der Waals surface area contributed by atoms with Crippen molar-refractivity contribution in [2.24, 2.45) is 11.8 Å². The number of hydrogen-bond acceptors (Lipinski definition) is 2. The highest BCUT2D eigenvalue weighted by atomic mass is 16.3. The Morgan fingerprint density at radius 1 is 1.29 bits per heavy atom. The molecule has 3 nitrogen and oxygen atoms in total. The van der Waals surface area contributed by atoms with Gasteiger partial charge in [-0.05, 0) is 18.3 Å². The smallest absolute Gasteiger partial charge is 0.220 e. The number of carbonyl (C=O) groups is 1. The van der Waals surface area contributed by atoms with E-state index in [2.05, 4.69) is 5.32 Å². The summed E-state index contributed by atoms with van der Waals surface area (Å²) in [4.78, 5) is 11.6. The highest BCUT2D eigenvalue weighted by Crippen LogP contribution is 2.27. The number of hydrogen-bond donors (Lipinski definition) is 2. The number of amides is 1. The minimum absolute atomic E-state index is 0.0928. The Hall–Kier alpha value is -0.570. The van der Waals surface area contributed by atoms with E-state index in [0.29, 0.717) is 13.0 Å². The van der Waals surface area contributed by atoms with Crippen molar-refractivity contribution < 1.29 is 9.90 Å². The van der Waals surface area contributed by atoms with E-state index in [-0.39, 0.29) is 11.8 Å². The van der Waals surface area contributed by atoms with Gasteiger partial charge in [0.1, 0.15) is 0 Å². The maximum absolute atomic E-state index is 11.6. The van der Waals surface area contributed by atoms with Crippen LogP contribution < -0.4 is 5.32 Å². The predicted molar refractivity (Wildman–Crippen MR) is 69.7 cm³/mol. The third kappa shape index (κ3) is 6.06.